The summed E-state index contributed by atoms with van der Waals surface area (Å²) in [5.41, 5.74) is 0. The number of rotatable bonds is 6. The zero-order chi connectivity index (χ0) is 14.6. The maximum atomic E-state index is 12.1. The van der Waals surface area contributed by atoms with E-state index in [1.807, 2.05) is 0 Å². The molecule has 5 nitrogen and oxygen atoms in total. The first-order valence-corrected chi connectivity index (χ1v) is 7.72. The van der Waals surface area contributed by atoms with E-state index in [1.54, 1.807) is 6.92 Å². The number of carboxylic acids is 1. The Morgan fingerprint density at radius 3 is 2.58 bits per heavy atom. The van der Waals surface area contributed by atoms with E-state index in [9.17, 15) is 13.2 Å². The molecule has 0 amide bonds. The molecule has 1 aromatic carbocycles. The molecule has 0 aliphatic heterocycles. The molecule has 106 valence electrons. The monoisotopic (exact) mass is 325 g/mol. The van der Waals surface area contributed by atoms with Crippen molar-refractivity contribution in [1.82, 2.24) is 4.72 Å². The summed E-state index contributed by atoms with van der Waals surface area (Å²) in [7, 11) is -4.03. The smallest absolute Gasteiger partial charge is 0.321 e. The average Bonchev–Trinajstić information content (AvgIpc) is 2.31. The Bertz CT molecular complexity index is 574. The highest BCUT2D eigenvalue weighted by Gasteiger charge is 2.26. The number of carboxylic acid groups (broad SMARTS) is 1. The minimum atomic E-state index is -4.03. The van der Waals surface area contributed by atoms with Crippen molar-refractivity contribution in [3.63, 3.8) is 0 Å². The van der Waals surface area contributed by atoms with Crippen molar-refractivity contribution in [3.8, 4) is 0 Å². The number of hydrogen-bond donors (Lipinski definition) is 2. The third-order valence-electron chi connectivity index (χ3n) is 2.38. The van der Waals surface area contributed by atoms with Crippen LogP contribution in [0.15, 0.2) is 23.1 Å². The van der Waals surface area contributed by atoms with Gasteiger partial charge in [-0.3, -0.25) is 4.79 Å². The summed E-state index contributed by atoms with van der Waals surface area (Å²) >= 11 is 11.6. The number of hydrogen-bond acceptors (Lipinski definition) is 3. The number of halogens is 2. The Morgan fingerprint density at radius 1 is 1.42 bits per heavy atom. The quantitative estimate of drug-likeness (QED) is 0.841. The molecule has 0 heterocycles. The molecule has 2 N–H and O–H groups in total. The van der Waals surface area contributed by atoms with Gasteiger partial charge in [-0.25, -0.2) is 8.42 Å². The first-order valence-electron chi connectivity index (χ1n) is 5.48. The molecule has 0 spiro atoms. The third-order valence-corrected chi connectivity index (χ3v) is 4.82. The number of aliphatic carboxylic acids is 1. The lowest BCUT2D eigenvalue weighted by atomic mass is 10.2. The number of nitrogens with one attached hydrogen (secondary N) is 1. The van der Waals surface area contributed by atoms with E-state index in [0.29, 0.717) is 6.42 Å². The van der Waals surface area contributed by atoms with Gasteiger partial charge in [-0.15, -0.1) is 0 Å². The number of benzene rings is 1. The van der Waals surface area contributed by atoms with Crippen molar-refractivity contribution in [2.24, 2.45) is 0 Å². The lowest BCUT2D eigenvalue weighted by Crippen LogP contribution is -2.40. The molecule has 8 heteroatoms. The van der Waals surface area contributed by atoms with Crippen LogP contribution in [0.4, 0.5) is 0 Å². The summed E-state index contributed by atoms with van der Waals surface area (Å²) in [6.45, 7) is 1.76. The lowest BCUT2D eigenvalue weighted by molar-refractivity contribution is -0.139. The van der Waals surface area contributed by atoms with E-state index in [2.05, 4.69) is 4.72 Å². The molecule has 0 aliphatic carbocycles. The van der Waals surface area contributed by atoms with E-state index in [1.165, 1.54) is 18.2 Å². The molecule has 19 heavy (non-hydrogen) atoms. The first kappa shape index (κ1) is 16.2. The van der Waals surface area contributed by atoms with Gasteiger partial charge in [0.2, 0.25) is 10.0 Å². The van der Waals surface area contributed by atoms with Crippen LogP contribution in [0, 0.1) is 0 Å². The fourth-order valence-corrected chi connectivity index (χ4v) is 3.45. The molecule has 0 radical (unpaired) electrons. The van der Waals surface area contributed by atoms with Crippen LogP contribution < -0.4 is 4.72 Å². The maximum Gasteiger partial charge on any atom is 0.321 e. The third kappa shape index (κ3) is 4.07. The molecule has 1 atom stereocenters. The van der Waals surface area contributed by atoms with Gasteiger partial charge in [0.15, 0.2) is 0 Å². The highest BCUT2D eigenvalue weighted by atomic mass is 35.5. The predicted molar refractivity (Wildman–Crippen MR) is 73.1 cm³/mol. The topological polar surface area (TPSA) is 83.5 Å². The first-order chi connectivity index (χ1) is 8.79. The van der Waals surface area contributed by atoms with Crippen molar-refractivity contribution < 1.29 is 18.3 Å². The van der Waals surface area contributed by atoms with Crippen molar-refractivity contribution >= 4 is 39.2 Å². The summed E-state index contributed by atoms with van der Waals surface area (Å²) in [4.78, 5) is 10.7. The van der Waals surface area contributed by atoms with E-state index in [0.717, 1.165) is 0 Å². The Hall–Kier alpha value is -0.820. The molecule has 0 aromatic heterocycles. The Balaban J connectivity index is 3.10. The largest absolute Gasteiger partial charge is 0.480 e. The van der Waals surface area contributed by atoms with Gasteiger partial charge in [-0.1, -0.05) is 42.6 Å². The zero-order valence-corrected chi connectivity index (χ0v) is 12.4. The van der Waals surface area contributed by atoms with Crippen molar-refractivity contribution in [3.05, 3.63) is 28.2 Å². The molecule has 1 rings (SSSR count). The van der Waals surface area contributed by atoms with Gasteiger partial charge in [0.05, 0.1) is 10.0 Å². The van der Waals surface area contributed by atoms with Crippen LogP contribution in [0.1, 0.15) is 19.8 Å². The highest BCUT2D eigenvalue weighted by molar-refractivity contribution is 7.89. The van der Waals surface area contributed by atoms with Crippen molar-refractivity contribution in [1.29, 1.82) is 0 Å². The van der Waals surface area contributed by atoms with Gasteiger partial charge in [-0.2, -0.15) is 4.72 Å². The molecule has 0 aliphatic rings. The van der Waals surface area contributed by atoms with E-state index < -0.39 is 22.0 Å². The van der Waals surface area contributed by atoms with Gasteiger partial charge in [0.1, 0.15) is 10.9 Å². The highest BCUT2D eigenvalue weighted by Crippen LogP contribution is 2.28. The second-order valence-electron chi connectivity index (χ2n) is 3.85. The zero-order valence-electron chi connectivity index (χ0n) is 10.1. The molecule has 0 saturated carbocycles. The Labute approximate surface area is 121 Å². The summed E-state index contributed by atoms with van der Waals surface area (Å²) in [6.07, 6.45) is 0.718. The molecular formula is C11H13Cl2NO4S. The van der Waals surface area contributed by atoms with Crippen LogP contribution in [0.3, 0.4) is 0 Å². The van der Waals surface area contributed by atoms with Crippen LogP contribution >= 0.6 is 23.2 Å². The SMILES string of the molecule is CCCC(NS(=O)(=O)c1cccc(Cl)c1Cl)C(=O)O. The Kier molecular flexibility index (Phi) is 5.61. The van der Waals surface area contributed by atoms with Crippen LogP contribution in [-0.4, -0.2) is 25.5 Å². The van der Waals surface area contributed by atoms with Gasteiger partial charge in [-0.05, 0) is 18.6 Å². The minimum absolute atomic E-state index is 0.0897. The standard InChI is InChI=1S/C11H13Cl2NO4S/c1-2-4-8(11(15)16)14-19(17,18)9-6-3-5-7(12)10(9)13/h3,5-6,8,14H,2,4H2,1H3,(H,15,16). The fourth-order valence-electron chi connectivity index (χ4n) is 1.46. The average molecular weight is 326 g/mol. The number of sulfonamides is 1. The lowest BCUT2D eigenvalue weighted by Gasteiger charge is -2.14. The molecular weight excluding hydrogens is 313 g/mol. The second-order valence-corrected chi connectivity index (χ2v) is 6.32. The molecule has 1 aromatic rings. The van der Waals surface area contributed by atoms with Crippen LogP contribution in [0.25, 0.3) is 0 Å². The summed E-state index contributed by atoms with van der Waals surface area (Å²) in [6, 6.07) is 2.95. The van der Waals surface area contributed by atoms with Crippen molar-refractivity contribution in [2.45, 2.75) is 30.7 Å². The van der Waals surface area contributed by atoms with Gasteiger partial charge >= 0.3 is 5.97 Å². The van der Waals surface area contributed by atoms with E-state index in [4.69, 9.17) is 28.3 Å². The normalized spacial score (nSPS) is 13.2. The van der Waals surface area contributed by atoms with E-state index >= 15 is 0 Å². The predicted octanol–water partition coefficient (Wildman–Crippen LogP) is 2.53. The minimum Gasteiger partial charge on any atom is -0.480 e. The van der Waals surface area contributed by atoms with Crippen LogP contribution in [0.5, 0.6) is 0 Å². The summed E-state index contributed by atoms with van der Waals surface area (Å²) in [5.74, 6) is -1.23. The van der Waals surface area contributed by atoms with Gasteiger partial charge < -0.3 is 5.11 Å². The number of carbonyl (C=O) groups is 1. The molecule has 1 unspecified atom stereocenters. The van der Waals surface area contributed by atoms with E-state index in [-0.39, 0.29) is 21.4 Å². The molecule has 0 fully saturated rings. The second kappa shape index (κ2) is 6.56. The fraction of sp³-hybridized carbons (Fsp3) is 0.364. The summed E-state index contributed by atoms with van der Waals surface area (Å²) < 4.78 is 26.3. The van der Waals surface area contributed by atoms with Gasteiger partial charge in [0.25, 0.3) is 0 Å². The maximum absolute atomic E-state index is 12.1. The van der Waals surface area contributed by atoms with Crippen LogP contribution in [0.2, 0.25) is 10.0 Å². The van der Waals surface area contributed by atoms with Gasteiger partial charge in [0, 0.05) is 0 Å². The molecule has 0 saturated heterocycles. The Morgan fingerprint density at radius 2 is 2.05 bits per heavy atom. The summed E-state index contributed by atoms with van der Waals surface area (Å²) in [5, 5.41) is 8.91. The van der Waals surface area contributed by atoms with Crippen LogP contribution in [-0.2, 0) is 14.8 Å². The van der Waals surface area contributed by atoms with Crippen molar-refractivity contribution in [2.75, 3.05) is 0 Å². The molecule has 0 bridgehead atoms.